The summed E-state index contributed by atoms with van der Waals surface area (Å²) in [5.74, 6) is 0.214. The van der Waals surface area contributed by atoms with Crippen molar-refractivity contribution in [2.24, 2.45) is 0 Å². The molecule has 0 radical (unpaired) electrons. The number of sulfonamides is 1. The van der Waals surface area contributed by atoms with Crippen LogP contribution in [0.4, 0.5) is 0 Å². The van der Waals surface area contributed by atoms with Crippen molar-refractivity contribution < 1.29 is 22.5 Å². The second-order valence-electron chi connectivity index (χ2n) is 7.21. The second kappa shape index (κ2) is 8.91. The molecule has 1 aliphatic rings. The molecular weight excluding hydrogens is 396 g/mol. The summed E-state index contributed by atoms with van der Waals surface area (Å²) in [6.45, 7) is 4.70. The molecule has 2 heterocycles. The molecule has 0 spiro atoms. The third-order valence-corrected chi connectivity index (χ3v) is 6.63. The summed E-state index contributed by atoms with van der Waals surface area (Å²) in [5.41, 5.74) is 0.986. The SMILES string of the molecule is Cc1noc(C)c1S(=O)(=O)N[C@@H](C)C(=O)NCc1cccnc1OC1CCCC1. The Hall–Kier alpha value is -2.46. The van der Waals surface area contributed by atoms with Crippen LogP contribution < -0.4 is 14.8 Å². The van der Waals surface area contributed by atoms with E-state index >= 15 is 0 Å². The molecule has 0 aliphatic heterocycles. The van der Waals surface area contributed by atoms with Gasteiger partial charge in [0, 0.05) is 18.3 Å². The number of rotatable bonds is 8. The average molecular weight is 423 g/mol. The maximum absolute atomic E-state index is 12.6. The van der Waals surface area contributed by atoms with Crippen LogP contribution in [0.25, 0.3) is 0 Å². The second-order valence-corrected chi connectivity index (χ2v) is 8.86. The lowest BCUT2D eigenvalue weighted by molar-refractivity contribution is -0.122. The number of carbonyl (C=O) groups excluding carboxylic acids is 1. The van der Waals surface area contributed by atoms with Crippen molar-refractivity contribution in [1.29, 1.82) is 0 Å². The topological polar surface area (TPSA) is 123 Å². The zero-order valence-corrected chi connectivity index (χ0v) is 17.6. The number of pyridine rings is 1. The molecule has 0 aromatic carbocycles. The molecule has 0 saturated heterocycles. The van der Waals surface area contributed by atoms with Gasteiger partial charge in [0.1, 0.15) is 16.7 Å². The van der Waals surface area contributed by atoms with E-state index in [0.717, 1.165) is 31.2 Å². The molecular formula is C19H26N4O5S. The predicted molar refractivity (Wildman–Crippen MR) is 105 cm³/mol. The first kappa shape index (κ1) is 21.3. The third-order valence-electron chi connectivity index (χ3n) is 4.85. The molecule has 0 bridgehead atoms. The van der Waals surface area contributed by atoms with Gasteiger partial charge in [-0.25, -0.2) is 13.4 Å². The van der Waals surface area contributed by atoms with Crippen LogP contribution in [0, 0.1) is 13.8 Å². The molecule has 2 aromatic rings. The number of nitrogens with one attached hydrogen (secondary N) is 2. The summed E-state index contributed by atoms with van der Waals surface area (Å²) < 4.78 is 38.3. The first-order valence-corrected chi connectivity index (χ1v) is 11.1. The number of ether oxygens (including phenoxy) is 1. The Labute approximate surface area is 170 Å². The Morgan fingerprint density at radius 3 is 2.72 bits per heavy atom. The minimum absolute atomic E-state index is 0.0448. The van der Waals surface area contributed by atoms with E-state index in [4.69, 9.17) is 9.26 Å². The van der Waals surface area contributed by atoms with Gasteiger partial charge in [0.25, 0.3) is 0 Å². The summed E-state index contributed by atoms with van der Waals surface area (Å²) in [6.07, 6.45) is 6.10. The highest BCUT2D eigenvalue weighted by Crippen LogP contribution is 2.25. The van der Waals surface area contributed by atoms with Crippen molar-refractivity contribution >= 4 is 15.9 Å². The number of hydrogen-bond donors (Lipinski definition) is 2. The molecule has 9 nitrogen and oxygen atoms in total. The molecule has 1 amide bonds. The minimum atomic E-state index is -3.93. The average Bonchev–Trinajstić information content (AvgIpc) is 3.30. The highest BCUT2D eigenvalue weighted by molar-refractivity contribution is 7.89. The van der Waals surface area contributed by atoms with Gasteiger partial charge >= 0.3 is 0 Å². The Kier molecular flexibility index (Phi) is 6.53. The van der Waals surface area contributed by atoms with Crippen LogP contribution in [-0.4, -0.2) is 36.6 Å². The Morgan fingerprint density at radius 2 is 2.07 bits per heavy atom. The quantitative estimate of drug-likeness (QED) is 0.667. The Balaban J connectivity index is 1.61. The van der Waals surface area contributed by atoms with E-state index in [1.165, 1.54) is 20.8 Å². The van der Waals surface area contributed by atoms with Crippen LogP contribution in [0.15, 0.2) is 27.7 Å². The minimum Gasteiger partial charge on any atom is -0.474 e. The lowest BCUT2D eigenvalue weighted by Crippen LogP contribution is -2.44. The zero-order chi connectivity index (χ0) is 21.0. The van der Waals surface area contributed by atoms with Gasteiger partial charge in [-0.3, -0.25) is 4.79 Å². The van der Waals surface area contributed by atoms with Gasteiger partial charge in [0.05, 0.1) is 6.04 Å². The van der Waals surface area contributed by atoms with Crippen LogP contribution in [0.2, 0.25) is 0 Å². The number of amides is 1. The van der Waals surface area contributed by atoms with Crippen molar-refractivity contribution in [3.8, 4) is 5.88 Å². The van der Waals surface area contributed by atoms with Crippen molar-refractivity contribution in [3.63, 3.8) is 0 Å². The standard InChI is InChI=1S/C19H26N4O5S/c1-12-17(14(3)28-22-12)29(25,26)23-13(2)18(24)21-11-15-7-6-10-20-19(15)27-16-8-4-5-9-16/h6-7,10,13,16,23H,4-5,8-9,11H2,1-3H3,(H,21,24)/t13-/m0/s1. The lowest BCUT2D eigenvalue weighted by Gasteiger charge is -2.17. The maximum Gasteiger partial charge on any atom is 0.246 e. The first-order valence-electron chi connectivity index (χ1n) is 9.61. The highest BCUT2D eigenvalue weighted by atomic mass is 32.2. The molecule has 1 atom stereocenters. The van der Waals surface area contributed by atoms with Crippen molar-refractivity contribution in [2.45, 2.75) is 70.0 Å². The summed E-state index contributed by atoms with van der Waals surface area (Å²) >= 11 is 0. The smallest absolute Gasteiger partial charge is 0.246 e. The van der Waals surface area contributed by atoms with Gasteiger partial charge in [0.2, 0.25) is 21.8 Å². The molecule has 1 aliphatic carbocycles. The van der Waals surface area contributed by atoms with Gasteiger partial charge in [-0.05, 0) is 52.5 Å². The van der Waals surface area contributed by atoms with E-state index in [0.29, 0.717) is 5.88 Å². The fourth-order valence-electron chi connectivity index (χ4n) is 3.37. The van der Waals surface area contributed by atoms with Crippen LogP contribution >= 0.6 is 0 Å². The molecule has 0 unspecified atom stereocenters. The van der Waals surface area contributed by atoms with Gasteiger partial charge in [-0.1, -0.05) is 11.2 Å². The third kappa shape index (κ3) is 5.13. The maximum atomic E-state index is 12.6. The van der Waals surface area contributed by atoms with Crippen LogP contribution in [0.3, 0.4) is 0 Å². The Bertz CT molecular complexity index is 947. The van der Waals surface area contributed by atoms with Crippen molar-refractivity contribution in [2.75, 3.05) is 0 Å². The van der Waals surface area contributed by atoms with E-state index in [1.807, 2.05) is 6.07 Å². The largest absolute Gasteiger partial charge is 0.474 e. The molecule has 1 saturated carbocycles. The van der Waals surface area contributed by atoms with Crippen LogP contribution in [0.5, 0.6) is 5.88 Å². The van der Waals surface area contributed by atoms with E-state index in [1.54, 1.807) is 12.3 Å². The van der Waals surface area contributed by atoms with E-state index in [2.05, 4.69) is 20.2 Å². The normalized spacial score (nSPS) is 16.0. The molecule has 2 aromatic heterocycles. The van der Waals surface area contributed by atoms with Gasteiger partial charge in [-0.2, -0.15) is 4.72 Å². The number of nitrogens with zero attached hydrogens (tertiary/aromatic N) is 2. The summed E-state index contributed by atoms with van der Waals surface area (Å²) in [7, 11) is -3.93. The lowest BCUT2D eigenvalue weighted by atomic mass is 10.2. The van der Waals surface area contributed by atoms with Crippen LogP contribution in [0.1, 0.15) is 49.6 Å². The molecule has 3 rings (SSSR count). The molecule has 158 valence electrons. The predicted octanol–water partition coefficient (Wildman–Crippen LogP) is 1.99. The van der Waals surface area contributed by atoms with Crippen molar-refractivity contribution in [1.82, 2.24) is 20.2 Å². The van der Waals surface area contributed by atoms with E-state index in [-0.39, 0.29) is 29.0 Å². The Morgan fingerprint density at radius 1 is 1.34 bits per heavy atom. The van der Waals surface area contributed by atoms with E-state index in [9.17, 15) is 13.2 Å². The van der Waals surface area contributed by atoms with Gasteiger partial charge in [-0.15, -0.1) is 0 Å². The van der Waals surface area contributed by atoms with Crippen molar-refractivity contribution in [3.05, 3.63) is 35.3 Å². The summed E-state index contributed by atoms with van der Waals surface area (Å²) in [4.78, 5) is 16.7. The summed E-state index contributed by atoms with van der Waals surface area (Å²) in [5, 5.41) is 6.38. The highest BCUT2D eigenvalue weighted by Gasteiger charge is 2.28. The number of aryl methyl sites for hydroxylation is 2. The molecule has 29 heavy (non-hydrogen) atoms. The summed E-state index contributed by atoms with van der Waals surface area (Å²) in [6, 6.07) is 2.62. The zero-order valence-electron chi connectivity index (χ0n) is 16.8. The number of carbonyl (C=O) groups is 1. The van der Waals surface area contributed by atoms with Crippen LogP contribution in [-0.2, 0) is 21.4 Å². The van der Waals surface area contributed by atoms with E-state index < -0.39 is 22.0 Å². The first-order chi connectivity index (χ1) is 13.8. The molecule has 2 N–H and O–H groups in total. The fraction of sp³-hybridized carbons (Fsp3) is 0.526. The number of aromatic nitrogens is 2. The number of hydrogen-bond acceptors (Lipinski definition) is 7. The fourth-order valence-corrected chi connectivity index (χ4v) is 4.90. The molecule has 10 heteroatoms. The van der Waals surface area contributed by atoms with Gasteiger partial charge < -0.3 is 14.6 Å². The monoisotopic (exact) mass is 422 g/mol. The molecule has 1 fully saturated rings. The van der Waals surface area contributed by atoms with Gasteiger partial charge in [0.15, 0.2) is 5.76 Å².